The molecule has 0 aliphatic heterocycles. The first-order valence-corrected chi connectivity index (χ1v) is 9.66. The predicted octanol–water partition coefficient (Wildman–Crippen LogP) is 4.93. The third kappa shape index (κ3) is 4.28. The second-order valence-corrected chi connectivity index (χ2v) is 7.72. The van der Waals surface area contributed by atoms with Crippen molar-refractivity contribution in [3.8, 4) is 0 Å². The summed E-state index contributed by atoms with van der Waals surface area (Å²) in [6, 6.07) is 7.60. The largest absolute Gasteiger partial charge is 0.326 e. The Labute approximate surface area is 152 Å². The maximum Gasteiger partial charge on any atom is 0.265 e. The summed E-state index contributed by atoms with van der Waals surface area (Å²) in [5.74, 6) is -0.190. The van der Waals surface area contributed by atoms with E-state index < -0.39 is 0 Å². The molecule has 0 spiro atoms. The number of anilines is 2. The minimum atomic E-state index is -0.121. The molecule has 0 bridgehead atoms. The Kier molecular flexibility index (Phi) is 5.53. The van der Waals surface area contributed by atoms with Crippen LogP contribution in [0.3, 0.4) is 0 Å². The molecule has 0 atom stereocenters. The van der Waals surface area contributed by atoms with Gasteiger partial charge in [-0.3, -0.25) is 9.59 Å². The minimum absolute atomic E-state index is 0.0696. The van der Waals surface area contributed by atoms with Gasteiger partial charge in [0.15, 0.2) is 0 Å². The van der Waals surface area contributed by atoms with Crippen LogP contribution in [0, 0.1) is 6.92 Å². The first-order valence-electron chi connectivity index (χ1n) is 8.84. The van der Waals surface area contributed by atoms with Crippen LogP contribution in [0.2, 0.25) is 0 Å². The van der Waals surface area contributed by atoms with Crippen molar-refractivity contribution in [1.29, 1.82) is 0 Å². The van der Waals surface area contributed by atoms with Crippen molar-refractivity contribution >= 4 is 34.5 Å². The maximum absolute atomic E-state index is 12.7. The Morgan fingerprint density at radius 3 is 2.40 bits per heavy atom. The van der Waals surface area contributed by atoms with E-state index in [0.717, 1.165) is 34.7 Å². The number of thiophene rings is 1. The van der Waals surface area contributed by atoms with Gasteiger partial charge in [0.05, 0.1) is 4.88 Å². The van der Waals surface area contributed by atoms with Gasteiger partial charge in [-0.2, -0.15) is 0 Å². The van der Waals surface area contributed by atoms with Gasteiger partial charge < -0.3 is 10.6 Å². The van der Waals surface area contributed by atoms with Crippen LogP contribution < -0.4 is 10.6 Å². The van der Waals surface area contributed by atoms with Crippen molar-refractivity contribution in [2.45, 2.75) is 52.4 Å². The number of hydrogen-bond acceptors (Lipinski definition) is 3. The zero-order valence-corrected chi connectivity index (χ0v) is 15.6. The normalized spacial score (nSPS) is 14.2. The lowest BCUT2D eigenvalue weighted by atomic mass is 10.00. The van der Waals surface area contributed by atoms with Gasteiger partial charge in [-0.1, -0.05) is 18.9 Å². The van der Waals surface area contributed by atoms with Crippen LogP contribution in [0.5, 0.6) is 0 Å². The van der Waals surface area contributed by atoms with Crippen LogP contribution in [-0.4, -0.2) is 11.8 Å². The molecule has 1 heterocycles. The van der Waals surface area contributed by atoms with E-state index in [9.17, 15) is 9.59 Å². The smallest absolute Gasteiger partial charge is 0.265 e. The number of amides is 2. The summed E-state index contributed by atoms with van der Waals surface area (Å²) in [5, 5.41) is 5.79. The third-order valence-corrected chi connectivity index (χ3v) is 5.85. The summed E-state index contributed by atoms with van der Waals surface area (Å²) in [5.41, 5.74) is 3.67. The Morgan fingerprint density at radius 2 is 1.68 bits per heavy atom. The standard InChI is InChI=1S/C20H24N2O2S/c1-13-16(21-14(2)23)9-7-10-17(13)22-20(24)19-12-15-8-5-3-4-6-11-18(15)25-19/h7,9-10,12H,3-6,8,11H2,1-2H3,(H,21,23)(H,22,24). The van der Waals surface area contributed by atoms with Crippen LogP contribution in [0.15, 0.2) is 24.3 Å². The van der Waals surface area contributed by atoms with Gasteiger partial charge in [0.2, 0.25) is 5.91 Å². The zero-order valence-electron chi connectivity index (χ0n) is 14.8. The molecular formula is C20H24N2O2S. The third-order valence-electron chi connectivity index (χ3n) is 4.61. The number of rotatable bonds is 3. The molecule has 25 heavy (non-hydrogen) atoms. The highest BCUT2D eigenvalue weighted by Gasteiger charge is 2.17. The van der Waals surface area contributed by atoms with Crippen LogP contribution in [0.4, 0.5) is 11.4 Å². The molecule has 0 unspecified atom stereocenters. The van der Waals surface area contributed by atoms with E-state index >= 15 is 0 Å². The van der Waals surface area contributed by atoms with Gasteiger partial charge in [-0.05, 0) is 61.9 Å². The van der Waals surface area contributed by atoms with E-state index in [1.807, 2.05) is 25.1 Å². The van der Waals surface area contributed by atoms with Crippen molar-refractivity contribution in [1.82, 2.24) is 0 Å². The molecule has 0 saturated heterocycles. The predicted molar refractivity (Wildman–Crippen MR) is 104 cm³/mol. The molecule has 0 radical (unpaired) electrons. The van der Waals surface area contributed by atoms with Crippen LogP contribution >= 0.6 is 11.3 Å². The second kappa shape index (κ2) is 7.83. The Hall–Kier alpha value is -2.14. The molecule has 0 saturated carbocycles. The quantitative estimate of drug-likeness (QED) is 0.819. The molecule has 0 fully saturated rings. The fourth-order valence-electron chi connectivity index (χ4n) is 3.24. The highest BCUT2D eigenvalue weighted by atomic mass is 32.1. The number of fused-ring (bicyclic) bond motifs is 1. The van der Waals surface area contributed by atoms with E-state index in [1.165, 1.54) is 43.0 Å². The lowest BCUT2D eigenvalue weighted by Crippen LogP contribution is -2.13. The topological polar surface area (TPSA) is 58.2 Å². The fourth-order valence-corrected chi connectivity index (χ4v) is 4.39. The summed E-state index contributed by atoms with van der Waals surface area (Å²) in [7, 11) is 0. The van der Waals surface area contributed by atoms with E-state index in [4.69, 9.17) is 0 Å². The summed E-state index contributed by atoms with van der Waals surface area (Å²) >= 11 is 1.62. The number of hydrogen-bond donors (Lipinski definition) is 2. The fraction of sp³-hybridized carbons (Fsp3) is 0.400. The van der Waals surface area contributed by atoms with Gasteiger partial charge in [0, 0.05) is 23.2 Å². The minimum Gasteiger partial charge on any atom is -0.326 e. The summed E-state index contributed by atoms with van der Waals surface area (Å²) in [6.45, 7) is 3.38. The number of benzene rings is 1. The van der Waals surface area contributed by atoms with Crippen molar-refractivity contribution in [2.75, 3.05) is 10.6 Å². The average Bonchev–Trinajstić information content (AvgIpc) is 2.93. The van der Waals surface area contributed by atoms with E-state index in [2.05, 4.69) is 16.7 Å². The maximum atomic E-state index is 12.7. The number of aryl methyl sites for hydroxylation is 2. The monoisotopic (exact) mass is 356 g/mol. The van der Waals surface area contributed by atoms with Crippen LogP contribution in [-0.2, 0) is 17.6 Å². The molecule has 2 amide bonds. The molecule has 4 nitrogen and oxygen atoms in total. The van der Waals surface area contributed by atoms with Crippen molar-refractivity contribution < 1.29 is 9.59 Å². The molecule has 1 aliphatic carbocycles. The van der Waals surface area contributed by atoms with Crippen molar-refractivity contribution in [2.24, 2.45) is 0 Å². The van der Waals surface area contributed by atoms with Gasteiger partial charge >= 0.3 is 0 Å². The van der Waals surface area contributed by atoms with E-state index in [1.54, 1.807) is 11.3 Å². The second-order valence-electron chi connectivity index (χ2n) is 6.59. The lowest BCUT2D eigenvalue weighted by molar-refractivity contribution is -0.114. The first-order chi connectivity index (χ1) is 12.0. The molecule has 1 aromatic heterocycles. The summed E-state index contributed by atoms with van der Waals surface area (Å²) in [4.78, 5) is 26.1. The first kappa shape index (κ1) is 17.7. The lowest BCUT2D eigenvalue weighted by Gasteiger charge is -2.12. The number of nitrogens with one attached hydrogen (secondary N) is 2. The van der Waals surface area contributed by atoms with Crippen molar-refractivity contribution in [3.63, 3.8) is 0 Å². The molecule has 2 N–H and O–H groups in total. The van der Waals surface area contributed by atoms with Crippen molar-refractivity contribution in [3.05, 3.63) is 45.1 Å². The van der Waals surface area contributed by atoms with Gasteiger partial charge in [-0.15, -0.1) is 11.3 Å². The molecule has 1 aromatic carbocycles. The SMILES string of the molecule is CC(=O)Nc1cccc(NC(=O)c2cc3c(s2)CCCCCC3)c1C. The molecule has 132 valence electrons. The zero-order chi connectivity index (χ0) is 17.8. The van der Waals surface area contributed by atoms with E-state index in [0.29, 0.717) is 0 Å². The molecule has 2 aromatic rings. The highest BCUT2D eigenvalue weighted by Crippen LogP contribution is 2.30. The van der Waals surface area contributed by atoms with Gasteiger partial charge in [0.1, 0.15) is 0 Å². The molecule has 3 rings (SSSR count). The summed E-state index contributed by atoms with van der Waals surface area (Å²) < 4.78 is 0. The Balaban J connectivity index is 1.78. The highest BCUT2D eigenvalue weighted by molar-refractivity contribution is 7.14. The Bertz CT molecular complexity index is 769. The number of carbonyl (C=O) groups excluding carboxylic acids is 2. The van der Waals surface area contributed by atoms with Crippen LogP contribution in [0.25, 0.3) is 0 Å². The number of carbonyl (C=O) groups is 2. The van der Waals surface area contributed by atoms with Gasteiger partial charge in [-0.25, -0.2) is 0 Å². The van der Waals surface area contributed by atoms with E-state index in [-0.39, 0.29) is 11.8 Å². The molecule has 5 heteroatoms. The molecule has 1 aliphatic rings. The summed E-state index contributed by atoms with van der Waals surface area (Å²) in [6.07, 6.45) is 7.16. The van der Waals surface area contributed by atoms with Crippen LogP contribution in [0.1, 0.15) is 58.3 Å². The van der Waals surface area contributed by atoms with Gasteiger partial charge in [0.25, 0.3) is 5.91 Å². The average molecular weight is 356 g/mol. The molecular weight excluding hydrogens is 332 g/mol. The Morgan fingerprint density at radius 1 is 1.00 bits per heavy atom.